The largest absolute Gasteiger partial charge is 0.509 e. The zero-order valence-electron chi connectivity index (χ0n) is 22.6. The molecule has 1 aromatic heterocycles. The summed E-state index contributed by atoms with van der Waals surface area (Å²) in [5.74, 6) is -8.43. The predicted octanol–water partition coefficient (Wildman–Crippen LogP) is 5.48. The summed E-state index contributed by atoms with van der Waals surface area (Å²) in [6, 6.07) is 8.37. The second-order valence-electron chi connectivity index (χ2n) is 9.98. The van der Waals surface area contributed by atoms with Gasteiger partial charge in [0.1, 0.15) is 28.8 Å². The first-order valence-corrected chi connectivity index (χ1v) is 12.6. The Morgan fingerprint density at radius 3 is 2.55 bits per heavy atom. The summed E-state index contributed by atoms with van der Waals surface area (Å²) in [6.45, 7) is 3.16. The van der Waals surface area contributed by atoms with Crippen molar-refractivity contribution >= 4 is 29.1 Å². The molecule has 9 nitrogen and oxygen atoms in total. The Morgan fingerprint density at radius 2 is 1.90 bits per heavy atom. The van der Waals surface area contributed by atoms with E-state index in [2.05, 4.69) is 15.3 Å². The van der Waals surface area contributed by atoms with Crippen LogP contribution >= 0.6 is 11.6 Å². The Hall–Kier alpha value is -4.54. The third kappa shape index (κ3) is 5.38. The van der Waals surface area contributed by atoms with E-state index in [-0.39, 0.29) is 33.2 Å². The lowest BCUT2D eigenvalue weighted by atomic mass is 9.93. The summed E-state index contributed by atoms with van der Waals surface area (Å²) < 4.78 is 56.8. The number of aromatic nitrogens is 2. The molecule has 0 radical (unpaired) electrons. The minimum absolute atomic E-state index is 0.121. The second kappa shape index (κ2) is 11.0. The van der Waals surface area contributed by atoms with Crippen LogP contribution in [-0.2, 0) is 22.1 Å². The van der Waals surface area contributed by atoms with Crippen molar-refractivity contribution in [1.82, 2.24) is 20.0 Å². The van der Waals surface area contributed by atoms with E-state index in [1.807, 2.05) is 0 Å². The van der Waals surface area contributed by atoms with Gasteiger partial charge in [-0.2, -0.15) is 5.26 Å². The first-order chi connectivity index (χ1) is 19.6. The van der Waals surface area contributed by atoms with Crippen molar-refractivity contribution in [2.45, 2.75) is 38.8 Å². The standard InChI is InChI=1S/C28H23ClF4N6O3/c1-27(2)24(40)20(26(42)39(38(27)4)12-14-6-5-7-17(30)22(14)31)25(41)37-18-9-8-15(28(3,32)33)10-16(18)23-21(29)19(11-34)35-13-36-23/h5-10,13,40H,12H2,1-4H3,(H,37,41). The Labute approximate surface area is 242 Å². The van der Waals surface area contributed by atoms with Gasteiger partial charge in [-0.05, 0) is 32.0 Å². The van der Waals surface area contributed by atoms with Crippen LogP contribution in [-0.4, -0.2) is 49.5 Å². The summed E-state index contributed by atoms with van der Waals surface area (Å²) >= 11 is 6.27. The topological polar surface area (TPSA) is 122 Å². The number of alkyl halides is 2. The van der Waals surface area contributed by atoms with E-state index in [9.17, 15) is 37.5 Å². The molecule has 2 heterocycles. The average Bonchev–Trinajstić information content (AvgIpc) is 2.92. The second-order valence-corrected chi connectivity index (χ2v) is 10.4. The van der Waals surface area contributed by atoms with Crippen molar-refractivity contribution < 1.29 is 32.3 Å². The number of amides is 2. The van der Waals surface area contributed by atoms with Crippen LogP contribution in [0.4, 0.5) is 23.2 Å². The minimum Gasteiger partial charge on any atom is -0.509 e. The van der Waals surface area contributed by atoms with E-state index in [0.717, 1.165) is 35.6 Å². The van der Waals surface area contributed by atoms with E-state index in [4.69, 9.17) is 11.6 Å². The van der Waals surface area contributed by atoms with Crippen molar-refractivity contribution in [2.75, 3.05) is 12.4 Å². The van der Waals surface area contributed by atoms with Crippen LogP contribution in [0.3, 0.4) is 0 Å². The highest BCUT2D eigenvalue weighted by Crippen LogP contribution is 2.39. The zero-order chi connectivity index (χ0) is 31.1. The van der Waals surface area contributed by atoms with E-state index in [0.29, 0.717) is 6.92 Å². The maximum absolute atomic E-state index is 14.5. The molecule has 2 N–H and O–H groups in total. The van der Waals surface area contributed by atoms with E-state index >= 15 is 0 Å². The van der Waals surface area contributed by atoms with Gasteiger partial charge in [-0.25, -0.2) is 32.5 Å². The normalized spacial score (nSPS) is 15.5. The number of benzene rings is 2. The Morgan fingerprint density at radius 1 is 1.21 bits per heavy atom. The molecule has 3 aromatic rings. The molecule has 4 rings (SSSR count). The van der Waals surface area contributed by atoms with Gasteiger partial charge in [0.2, 0.25) is 0 Å². The van der Waals surface area contributed by atoms with Gasteiger partial charge in [0.25, 0.3) is 17.7 Å². The molecular formula is C28H23ClF4N6O3. The SMILES string of the molecule is CN1N(Cc2cccc(F)c2F)C(=O)C(C(=O)Nc2ccc(C(C)(F)F)cc2-c2ncnc(C#N)c2Cl)=C(O)C1(C)C. The van der Waals surface area contributed by atoms with Crippen molar-refractivity contribution in [1.29, 1.82) is 5.26 Å². The molecule has 14 heteroatoms. The van der Waals surface area contributed by atoms with Crippen LogP contribution in [0.25, 0.3) is 11.3 Å². The van der Waals surface area contributed by atoms with Crippen LogP contribution in [0.2, 0.25) is 5.02 Å². The third-order valence-corrected chi connectivity index (χ3v) is 7.30. The number of aliphatic hydroxyl groups is 1. The lowest BCUT2D eigenvalue weighted by Crippen LogP contribution is -2.60. The van der Waals surface area contributed by atoms with Crippen molar-refractivity contribution in [3.05, 3.63) is 87.5 Å². The van der Waals surface area contributed by atoms with Gasteiger partial charge in [0, 0.05) is 30.7 Å². The first kappa shape index (κ1) is 30.4. The number of halogens is 5. The molecule has 1 aliphatic heterocycles. The number of anilines is 1. The summed E-state index contributed by atoms with van der Waals surface area (Å²) in [7, 11) is 1.42. The maximum Gasteiger partial charge on any atom is 0.277 e. The Balaban J connectivity index is 1.79. The number of carbonyl (C=O) groups excluding carboxylic acids is 2. The van der Waals surface area contributed by atoms with E-state index < -0.39 is 58.4 Å². The number of nitrogens with zero attached hydrogens (tertiary/aromatic N) is 5. The highest BCUT2D eigenvalue weighted by atomic mass is 35.5. The molecule has 2 aromatic carbocycles. The molecule has 0 aliphatic carbocycles. The number of nitriles is 1. The summed E-state index contributed by atoms with van der Waals surface area (Å²) in [6.07, 6.45) is 0.989. The monoisotopic (exact) mass is 602 g/mol. The molecule has 0 unspecified atom stereocenters. The number of carbonyl (C=O) groups is 2. The summed E-state index contributed by atoms with van der Waals surface area (Å²) in [4.78, 5) is 34.9. The quantitative estimate of drug-likeness (QED) is 0.283. The maximum atomic E-state index is 14.5. The van der Waals surface area contributed by atoms with Gasteiger partial charge in [0.15, 0.2) is 17.3 Å². The molecule has 0 spiro atoms. The van der Waals surface area contributed by atoms with Gasteiger partial charge < -0.3 is 10.4 Å². The first-order valence-electron chi connectivity index (χ1n) is 12.3. The van der Waals surface area contributed by atoms with Crippen LogP contribution < -0.4 is 5.32 Å². The minimum atomic E-state index is -3.31. The Kier molecular flexibility index (Phi) is 7.99. The fourth-order valence-corrected chi connectivity index (χ4v) is 4.53. The van der Waals surface area contributed by atoms with Gasteiger partial charge in [-0.15, -0.1) is 0 Å². The van der Waals surface area contributed by atoms with Crippen molar-refractivity contribution in [3.8, 4) is 17.3 Å². The fraction of sp³-hybridized carbons (Fsp3) is 0.250. The van der Waals surface area contributed by atoms with Crippen molar-refractivity contribution in [3.63, 3.8) is 0 Å². The molecule has 0 bridgehead atoms. The number of aliphatic hydroxyl groups excluding tert-OH is 1. The zero-order valence-corrected chi connectivity index (χ0v) is 23.4. The molecule has 0 saturated heterocycles. The van der Waals surface area contributed by atoms with Gasteiger partial charge in [-0.1, -0.05) is 29.8 Å². The van der Waals surface area contributed by atoms with Gasteiger partial charge in [-0.3, -0.25) is 14.6 Å². The highest BCUT2D eigenvalue weighted by molar-refractivity contribution is 6.34. The number of rotatable bonds is 6. The molecule has 218 valence electrons. The number of likely N-dealkylation sites (N-methyl/N-ethyl adjacent to an activating group) is 1. The van der Waals surface area contributed by atoms with Gasteiger partial charge in [0.05, 0.1) is 23.5 Å². The highest BCUT2D eigenvalue weighted by Gasteiger charge is 2.46. The molecular weight excluding hydrogens is 580 g/mol. The smallest absolute Gasteiger partial charge is 0.277 e. The number of hydrogen-bond donors (Lipinski definition) is 2. The van der Waals surface area contributed by atoms with Crippen molar-refractivity contribution in [2.24, 2.45) is 0 Å². The molecule has 0 fully saturated rings. The summed E-state index contributed by atoms with van der Waals surface area (Å²) in [5.41, 5.74) is -3.41. The molecule has 1 aliphatic rings. The molecule has 0 saturated carbocycles. The number of hydrazine groups is 1. The van der Waals surface area contributed by atoms with Crippen LogP contribution in [0.1, 0.15) is 37.6 Å². The number of nitrogens with one attached hydrogen (secondary N) is 1. The fourth-order valence-electron chi connectivity index (χ4n) is 4.28. The summed E-state index contributed by atoms with van der Waals surface area (Å²) in [5, 5.41) is 24.8. The third-order valence-electron chi connectivity index (χ3n) is 6.94. The Bertz CT molecular complexity index is 1680. The molecule has 0 atom stereocenters. The van der Waals surface area contributed by atoms with Gasteiger partial charge >= 0.3 is 0 Å². The molecule has 2 amide bonds. The average molecular weight is 603 g/mol. The lowest BCUT2D eigenvalue weighted by Gasteiger charge is -2.46. The van der Waals surface area contributed by atoms with Crippen LogP contribution in [0.15, 0.2) is 54.1 Å². The lowest BCUT2D eigenvalue weighted by molar-refractivity contribution is -0.160. The molecule has 42 heavy (non-hydrogen) atoms. The van der Waals surface area contributed by atoms with Crippen LogP contribution in [0, 0.1) is 23.0 Å². The van der Waals surface area contributed by atoms with E-state index in [1.54, 1.807) is 6.07 Å². The van der Waals surface area contributed by atoms with Crippen LogP contribution in [0.5, 0.6) is 0 Å². The predicted molar refractivity (Wildman–Crippen MR) is 144 cm³/mol. The van der Waals surface area contributed by atoms with E-state index in [1.165, 1.54) is 38.0 Å². The number of hydrogen-bond acceptors (Lipinski definition) is 7.